The van der Waals surface area contributed by atoms with Gasteiger partial charge in [0.2, 0.25) is 0 Å². The number of aromatic nitrogens is 2. The number of methoxy groups -OCH3 is 1. The van der Waals surface area contributed by atoms with Crippen LogP contribution in [0.2, 0.25) is 0 Å². The molecule has 6 heteroatoms. The van der Waals surface area contributed by atoms with Crippen LogP contribution in [0.3, 0.4) is 0 Å². The monoisotopic (exact) mass is 393 g/mol. The Morgan fingerprint density at radius 1 is 1.21 bits per heavy atom. The molecule has 144 valence electrons. The highest BCUT2D eigenvalue weighted by molar-refractivity contribution is 7.10. The summed E-state index contributed by atoms with van der Waals surface area (Å²) in [5, 5.41) is 3.25. The fraction of sp³-hybridized carbons (Fsp3) is 0.318. The third-order valence-electron chi connectivity index (χ3n) is 5.18. The first kappa shape index (κ1) is 18.6. The third-order valence-corrected chi connectivity index (χ3v) is 6.19. The summed E-state index contributed by atoms with van der Waals surface area (Å²) in [5.74, 6) is 1.34. The van der Waals surface area contributed by atoms with E-state index in [1.807, 2.05) is 42.2 Å². The van der Waals surface area contributed by atoms with Gasteiger partial charge in [0.05, 0.1) is 17.8 Å². The molecule has 28 heavy (non-hydrogen) atoms. The number of amides is 1. The molecule has 3 heterocycles. The maximum Gasteiger partial charge on any atom is 0.253 e. The maximum absolute atomic E-state index is 12.7. The number of thiazole rings is 1. The lowest BCUT2D eigenvalue weighted by Gasteiger charge is -2.31. The van der Waals surface area contributed by atoms with Gasteiger partial charge in [-0.15, -0.1) is 11.3 Å². The van der Waals surface area contributed by atoms with Gasteiger partial charge >= 0.3 is 0 Å². The molecule has 0 unspecified atom stereocenters. The SMILES string of the molecule is COc1ccccc1-c1csc(C2CCN(C(=O)c3ccnc(C)c3)CC2)n1. The van der Waals surface area contributed by atoms with Gasteiger partial charge in [-0.1, -0.05) is 12.1 Å². The molecule has 0 spiro atoms. The third kappa shape index (κ3) is 3.78. The van der Waals surface area contributed by atoms with Crippen LogP contribution in [0.1, 0.15) is 39.8 Å². The second-order valence-corrected chi connectivity index (χ2v) is 7.91. The number of likely N-dealkylation sites (tertiary alicyclic amines) is 1. The highest BCUT2D eigenvalue weighted by Crippen LogP contribution is 2.35. The largest absolute Gasteiger partial charge is 0.496 e. The summed E-state index contributed by atoms with van der Waals surface area (Å²) in [6.07, 6.45) is 3.58. The van der Waals surface area contributed by atoms with Crippen molar-refractivity contribution >= 4 is 17.2 Å². The van der Waals surface area contributed by atoms with Crippen LogP contribution in [0, 0.1) is 6.92 Å². The fourth-order valence-corrected chi connectivity index (χ4v) is 4.64. The average Bonchev–Trinajstić information content (AvgIpc) is 3.23. The van der Waals surface area contributed by atoms with Crippen molar-refractivity contribution in [1.82, 2.24) is 14.9 Å². The number of hydrogen-bond acceptors (Lipinski definition) is 5. The molecule has 0 N–H and O–H groups in total. The van der Waals surface area contributed by atoms with Gasteiger partial charge in [-0.05, 0) is 44.0 Å². The van der Waals surface area contributed by atoms with E-state index in [0.29, 0.717) is 5.92 Å². The lowest BCUT2D eigenvalue weighted by Crippen LogP contribution is -2.37. The minimum atomic E-state index is 0.0952. The number of aryl methyl sites for hydroxylation is 1. The molecule has 0 saturated carbocycles. The van der Waals surface area contributed by atoms with Gasteiger partial charge in [-0.2, -0.15) is 0 Å². The lowest BCUT2D eigenvalue weighted by atomic mass is 9.97. The number of hydrogen-bond donors (Lipinski definition) is 0. The van der Waals surface area contributed by atoms with Crippen molar-refractivity contribution in [2.24, 2.45) is 0 Å². The van der Waals surface area contributed by atoms with E-state index >= 15 is 0 Å². The van der Waals surface area contributed by atoms with Crippen molar-refractivity contribution in [3.05, 3.63) is 64.2 Å². The van der Waals surface area contributed by atoms with Crippen LogP contribution in [0.5, 0.6) is 5.75 Å². The van der Waals surface area contributed by atoms with Gasteiger partial charge < -0.3 is 9.64 Å². The summed E-state index contributed by atoms with van der Waals surface area (Å²) in [7, 11) is 1.68. The van der Waals surface area contributed by atoms with Gasteiger partial charge in [-0.25, -0.2) is 4.98 Å². The summed E-state index contributed by atoms with van der Waals surface area (Å²) >= 11 is 1.70. The quantitative estimate of drug-likeness (QED) is 0.653. The molecule has 5 nitrogen and oxygen atoms in total. The van der Waals surface area contributed by atoms with E-state index in [1.165, 1.54) is 0 Å². The van der Waals surface area contributed by atoms with Crippen LogP contribution in [-0.2, 0) is 0 Å². The molecule has 0 radical (unpaired) electrons. The summed E-state index contributed by atoms with van der Waals surface area (Å²) in [6, 6.07) is 11.6. The number of benzene rings is 1. The Balaban J connectivity index is 1.43. The zero-order valence-electron chi connectivity index (χ0n) is 16.1. The second-order valence-electron chi connectivity index (χ2n) is 7.02. The van der Waals surface area contributed by atoms with E-state index in [4.69, 9.17) is 9.72 Å². The average molecular weight is 394 g/mol. The van der Waals surface area contributed by atoms with E-state index in [9.17, 15) is 4.79 Å². The van der Waals surface area contributed by atoms with Crippen molar-refractivity contribution in [3.8, 4) is 17.0 Å². The summed E-state index contributed by atoms with van der Waals surface area (Å²) in [4.78, 5) is 23.7. The van der Waals surface area contributed by atoms with Crippen molar-refractivity contribution in [1.29, 1.82) is 0 Å². The van der Waals surface area contributed by atoms with Gasteiger partial charge in [0.1, 0.15) is 5.75 Å². The number of piperidine rings is 1. The Morgan fingerprint density at radius 2 is 2.00 bits per heavy atom. The Labute approximate surface area is 169 Å². The van der Waals surface area contributed by atoms with Crippen LogP contribution in [0.15, 0.2) is 48.0 Å². The zero-order valence-corrected chi connectivity index (χ0v) is 16.9. The Morgan fingerprint density at radius 3 is 2.75 bits per heavy atom. The number of carbonyl (C=O) groups is 1. The number of carbonyl (C=O) groups excluding carboxylic acids is 1. The lowest BCUT2D eigenvalue weighted by molar-refractivity contribution is 0.0712. The first-order valence-corrected chi connectivity index (χ1v) is 10.3. The molecular formula is C22H23N3O2S. The fourth-order valence-electron chi connectivity index (χ4n) is 3.65. The predicted molar refractivity (Wildman–Crippen MR) is 111 cm³/mol. The number of nitrogens with zero attached hydrogens (tertiary/aromatic N) is 3. The van der Waals surface area contributed by atoms with E-state index in [0.717, 1.165) is 59.2 Å². The highest BCUT2D eigenvalue weighted by Gasteiger charge is 2.26. The molecular weight excluding hydrogens is 370 g/mol. The van der Waals surface area contributed by atoms with E-state index in [-0.39, 0.29) is 5.91 Å². The Hall–Kier alpha value is -2.73. The van der Waals surface area contributed by atoms with Gasteiger partial charge in [-0.3, -0.25) is 9.78 Å². The molecule has 1 saturated heterocycles. The Bertz CT molecular complexity index is 977. The van der Waals surface area contributed by atoms with Crippen LogP contribution in [-0.4, -0.2) is 41.0 Å². The van der Waals surface area contributed by atoms with E-state index < -0.39 is 0 Å². The van der Waals surface area contributed by atoms with Crippen molar-refractivity contribution in [2.45, 2.75) is 25.7 Å². The smallest absolute Gasteiger partial charge is 0.253 e. The molecule has 0 atom stereocenters. The molecule has 1 amide bonds. The summed E-state index contributed by atoms with van der Waals surface area (Å²) in [5.41, 5.74) is 3.57. The minimum absolute atomic E-state index is 0.0952. The number of para-hydroxylation sites is 1. The van der Waals surface area contributed by atoms with Crippen molar-refractivity contribution < 1.29 is 9.53 Å². The standard InChI is InChI=1S/C22H23N3O2S/c1-15-13-17(7-10-23-15)22(26)25-11-8-16(9-12-25)21-24-19(14-28-21)18-5-3-4-6-20(18)27-2/h3-7,10,13-14,16H,8-9,11-12H2,1-2H3. The van der Waals surface area contributed by atoms with Gasteiger partial charge in [0, 0.05) is 47.4 Å². The number of ether oxygens (including phenoxy) is 1. The molecule has 1 aliphatic heterocycles. The summed E-state index contributed by atoms with van der Waals surface area (Å²) < 4.78 is 5.46. The first-order chi connectivity index (χ1) is 13.7. The van der Waals surface area contributed by atoms with Gasteiger partial charge in [0.25, 0.3) is 5.91 Å². The van der Waals surface area contributed by atoms with E-state index in [2.05, 4.69) is 10.4 Å². The summed E-state index contributed by atoms with van der Waals surface area (Å²) in [6.45, 7) is 3.42. The first-order valence-electron chi connectivity index (χ1n) is 9.46. The number of rotatable bonds is 4. The normalized spacial score (nSPS) is 14.9. The zero-order chi connectivity index (χ0) is 19.5. The van der Waals surface area contributed by atoms with Gasteiger partial charge in [0.15, 0.2) is 0 Å². The maximum atomic E-state index is 12.7. The van der Waals surface area contributed by atoms with Crippen LogP contribution >= 0.6 is 11.3 Å². The second kappa shape index (κ2) is 8.10. The molecule has 0 aliphatic carbocycles. The Kier molecular flexibility index (Phi) is 5.39. The predicted octanol–water partition coefficient (Wildman–Crippen LogP) is 4.54. The molecule has 1 fully saturated rings. The van der Waals surface area contributed by atoms with Crippen LogP contribution < -0.4 is 4.74 Å². The molecule has 3 aromatic rings. The van der Waals surface area contributed by atoms with Crippen molar-refractivity contribution in [3.63, 3.8) is 0 Å². The van der Waals surface area contributed by atoms with Crippen LogP contribution in [0.4, 0.5) is 0 Å². The minimum Gasteiger partial charge on any atom is -0.496 e. The van der Waals surface area contributed by atoms with Crippen LogP contribution in [0.25, 0.3) is 11.3 Å². The molecule has 4 rings (SSSR count). The highest BCUT2D eigenvalue weighted by atomic mass is 32.1. The van der Waals surface area contributed by atoms with E-state index in [1.54, 1.807) is 30.7 Å². The number of pyridine rings is 1. The topological polar surface area (TPSA) is 55.3 Å². The molecule has 2 aromatic heterocycles. The molecule has 1 aliphatic rings. The van der Waals surface area contributed by atoms with Crippen molar-refractivity contribution in [2.75, 3.05) is 20.2 Å². The molecule has 0 bridgehead atoms. The molecule has 1 aromatic carbocycles.